The highest BCUT2D eigenvalue weighted by molar-refractivity contribution is 7.08. The molecule has 8 heteroatoms. The Balaban J connectivity index is 1.63. The number of halogens is 1. The average molecular weight is 429 g/mol. The zero-order valence-electron chi connectivity index (χ0n) is 17.2. The number of hydrogen-bond acceptors (Lipinski definition) is 4. The maximum absolute atomic E-state index is 13.3. The summed E-state index contributed by atoms with van der Waals surface area (Å²) in [5.74, 6) is -0.125. The first kappa shape index (κ1) is 21.7. The number of benzene rings is 1. The van der Waals surface area contributed by atoms with Gasteiger partial charge in [-0.1, -0.05) is 20.8 Å². The number of carbonyl (C=O) groups is 2. The van der Waals surface area contributed by atoms with Crippen LogP contribution in [0.15, 0.2) is 47.2 Å². The lowest BCUT2D eigenvalue weighted by atomic mass is 9.92. The molecule has 2 N–H and O–H groups in total. The third-order valence-electron chi connectivity index (χ3n) is 4.47. The Morgan fingerprint density at radius 1 is 1.17 bits per heavy atom. The van der Waals surface area contributed by atoms with Gasteiger partial charge in [0.1, 0.15) is 11.6 Å². The van der Waals surface area contributed by atoms with Gasteiger partial charge in [-0.15, -0.1) is 0 Å². The molecule has 0 aliphatic carbocycles. The number of nitrogens with one attached hydrogen (secondary N) is 2. The molecular formula is C22H25FN4O2S. The summed E-state index contributed by atoms with van der Waals surface area (Å²) in [5.41, 5.74) is 1.88. The number of nitrogens with zero attached hydrogens (tertiary/aromatic N) is 2. The first-order chi connectivity index (χ1) is 14.2. The summed E-state index contributed by atoms with van der Waals surface area (Å²) in [7, 11) is 0. The molecule has 0 spiro atoms. The SMILES string of the molecule is CC(C)(C)c1cc(NC(=O)CCCNC(=O)c2ccsc2)n(-c2ccc(F)cc2)n1. The van der Waals surface area contributed by atoms with Gasteiger partial charge in [-0.05, 0) is 42.1 Å². The van der Waals surface area contributed by atoms with Crippen molar-refractivity contribution in [2.75, 3.05) is 11.9 Å². The van der Waals surface area contributed by atoms with Gasteiger partial charge < -0.3 is 10.6 Å². The van der Waals surface area contributed by atoms with Gasteiger partial charge in [0.2, 0.25) is 5.91 Å². The largest absolute Gasteiger partial charge is 0.352 e. The van der Waals surface area contributed by atoms with Crippen LogP contribution in [0.3, 0.4) is 0 Å². The third kappa shape index (κ3) is 5.54. The minimum absolute atomic E-state index is 0.138. The molecule has 0 fully saturated rings. The van der Waals surface area contributed by atoms with Gasteiger partial charge in [-0.3, -0.25) is 9.59 Å². The van der Waals surface area contributed by atoms with Gasteiger partial charge in [0.25, 0.3) is 5.91 Å². The van der Waals surface area contributed by atoms with Crippen molar-refractivity contribution < 1.29 is 14.0 Å². The van der Waals surface area contributed by atoms with Crippen molar-refractivity contribution >= 4 is 29.0 Å². The Hall–Kier alpha value is -3.00. The lowest BCUT2D eigenvalue weighted by Gasteiger charge is -2.14. The van der Waals surface area contributed by atoms with E-state index in [0.717, 1.165) is 5.69 Å². The molecule has 30 heavy (non-hydrogen) atoms. The van der Waals surface area contributed by atoms with E-state index < -0.39 is 0 Å². The van der Waals surface area contributed by atoms with Crippen molar-refractivity contribution in [1.82, 2.24) is 15.1 Å². The predicted octanol–water partition coefficient (Wildman–Crippen LogP) is 4.52. The quantitative estimate of drug-likeness (QED) is 0.543. The Morgan fingerprint density at radius 2 is 1.90 bits per heavy atom. The Kier molecular flexibility index (Phi) is 6.66. The molecule has 0 saturated carbocycles. The molecule has 0 unspecified atom stereocenters. The lowest BCUT2D eigenvalue weighted by molar-refractivity contribution is -0.116. The normalized spacial score (nSPS) is 11.3. The van der Waals surface area contributed by atoms with Crippen LogP contribution in [0.25, 0.3) is 5.69 Å². The first-order valence-corrected chi connectivity index (χ1v) is 10.6. The van der Waals surface area contributed by atoms with Gasteiger partial charge in [0.05, 0.1) is 11.4 Å². The van der Waals surface area contributed by atoms with Crippen LogP contribution in [-0.2, 0) is 10.2 Å². The van der Waals surface area contributed by atoms with E-state index in [4.69, 9.17) is 0 Å². The number of amides is 2. The molecule has 0 radical (unpaired) electrons. The van der Waals surface area contributed by atoms with E-state index >= 15 is 0 Å². The summed E-state index contributed by atoms with van der Waals surface area (Å²) in [5, 5.41) is 13.9. The van der Waals surface area contributed by atoms with E-state index in [1.54, 1.807) is 28.3 Å². The molecule has 158 valence electrons. The standard InChI is InChI=1S/C22H25FN4O2S/c1-22(2,3)18-13-19(27(26-18)17-8-6-16(23)7-9-17)25-20(28)5-4-11-24-21(29)15-10-12-30-14-15/h6-10,12-14H,4-5,11H2,1-3H3,(H,24,29)(H,25,28). The topological polar surface area (TPSA) is 76.0 Å². The van der Waals surface area contributed by atoms with E-state index in [0.29, 0.717) is 30.0 Å². The second kappa shape index (κ2) is 9.21. The fourth-order valence-electron chi connectivity index (χ4n) is 2.77. The van der Waals surface area contributed by atoms with Crippen molar-refractivity contribution in [3.05, 3.63) is 64.2 Å². The van der Waals surface area contributed by atoms with E-state index in [1.165, 1.54) is 23.5 Å². The van der Waals surface area contributed by atoms with Crippen LogP contribution in [-0.4, -0.2) is 28.1 Å². The molecule has 0 aliphatic heterocycles. The monoisotopic (exact) mass is 428 g/mol. The smallest absolute Gasteiger partial charge is 0.252 e. The molecule has 2 aromatic heterocycles. The van der Waals surface area contributed by atoms with Crippen molar-refractivity contribution in [1.29, 1.82) is 0 Å². The number of aromatic nitrogens is 2. The molecule has 0 bridgehead atoms. The van der Waals surface area contributed by atoms with Crippen molar-refractivity contribution in [3.63, 3.8) is 0 Å². The summed E-state index contributed by atoms with van der Waals surface area (Å²) in [4.78, 5) is 24.4. The second-order valence-electron chi connectivity index (χ2n) is 7.97. The van der Waals surface area contributed by atoms with Crippen molar-refractivity contribution in [3.8, 4) is 5.69 Å². The Labute approximate surface area is 179 Å². The summed E-state index contributed by atoms with van der Waals surface area (Å²) >= 11 is 1.46. The highest BCUT2D eigenvalue weighted by atomic mass is 32.1. The fraction of sp³-hybridized carbons (Fsp3) is 0.318. The molecule has 3 aromatic rings. The fourth-order valence-corrected chi connectivity index (χ4v) is 3.40. The van der Waals surface area contributed by atoms with E-state index in [-0.39, 0.29) is 29.5 Å². The zero-order valence-corrected chi connectivity index (χ0v) is 18.1. The van der Waals surface area contributed by atoms with E-state index in [1.807, 2.05) is 32.2 Å². The first-order valence-electron chi connectivity index (χ1n) is 9.71. The summed E-state index contributed by atoms with van der Waals surface area (Å²) in [6, 6.07) is 9.54. The molecule has 2 amide bonds. The van der Waals surface area contributed by atoms with Crippen LogP contribution in [0, 0.1) is 5.82 Å². The molecule has 0 atom stereocenters. The molecule has 1 aromatic carbocycles. The molecule has 3 rings (SSSR count). The molecular weight excluding hydrogens is 403 g/mol. The van der Waals surface area contributed by atoms with Crippen LogP contribution < -0.4 is 10.6 Å². The van der Waals surface area contributed by atoms with Crippen LogP contribution in [0.2, 0.25) is 0 Å². The summed E-state index contributed by atoms with van der Waals surface area (Å²) < 4.78 is 14.9. The van der Waals surface area contributed by atoms with E-state index in [2.05, 4.69) is 15.7 Å². The number of carbonyl (C=O) groups excluding carboxylic acids is 2. The highest BCUT2D eigenvalue weighted by Gasteiger charge is 2.21. The Morgan fingerprint density at radius 3 is 2.53 bits per heavy atom. The zero-order chi connectivity index (χ0) is 21.7. The maximum Gasteiger partial charge on any atom is 0.252 e. The van der Waals surface area contributed by atoms with Crippen LogP contribution >= 0.6 is 11.3 Å². The number of rotatable bonds is 7. The minimum atomic E-state index is -0.336. The summed E-state index contributed by atoms with van der Waals surface area (Å²) in [6.07, 6.45) is 0.766. The second-order valence-corrected chi connectivity index (χ2v) is 8.75. The predicted molar refractivity (Wildman–Crippen MR) is 117 cm³/mol. The van der Waals surface area contributed by atoms with Gasteiger partial charge in [0, 0.05) is 35.4 Å². The van der Waals surface area contributed by atoms with Crippen LogP contribution in [0.1, 0.15) is 49.7 Å². The molecule has 6 nitrogen and oxygen atoms in total. The van der Waals surface area contributed by atoms with Crippen molar-refractivity contribution in [2.45, 2.75) is 39.0 Å². The maximum atomic E-state index is 13.3. The van der Waals surface area contributed by atoms with Crippen molar-refractivity contribution in [2.24, 2.45) is 0 Å². The lowest BCUT2D eigenvalue weighted by Crippen LogP contribution is -2.25. The summed E-state index contributed by atoms with van der Waals surface area (Å²) in [6.45, 7) is 6.51. The minimum Gasteiger partial charge on any atom is -0.352 e. The van der Waals surface area contributed by atoms with Gasteiger partial charge in [0.15, 0.2) is 0 Å². The van der Waals surface area contributed by atoms with Gasteiger partial charge in [-0.25, -0.2) is 9.07 Å². The van der Waals surface area contributed by atoms with Crippen LogP contribution in [0.4, 0.5) is 10.2 Å². The molecule has 0 saturated heterocycles. The van der Waals surface area contributed by atoms with Gasteiger partial charge >= 0.3 is 0 Å². The highest BCUT2D eigenvalue weighted by Crippen LogP contribution is 2.26. The number of hydrogen-bond donors (Lipinski definition) is 2. The number of thiophene rings is 1. The van der Waals surface area contributed by atoms with Gasteiger partial charge in [-0.2, -0.15) is 16.4 Å². The Bertz CT molecular complexity index is 1000. The van der Waals surface area contributed by atoms with E-state index in [9.17, 15) is 14.0 Å². The van der Waals surface area contributed by atoms with Crippen LogP contribution in [0.5, 0.6) is 0 Å². The molecule has 2 heterocycles. The number of anilines is 1. The average Bonchev–Trinajstić information content (AvgIpc) is 3.36. The molecule has 0 aliphatic rings. The third-order valence-corrected chi connectivity index (χ3v) is 5.15.